The highest BCUT2D eigenvalue weighted by atomic mass is 32.1. The van der Waals surface area contributed by atoms with Crippen LogP contribution in [0, 0.1) is 12.3 Å². The maximum absolute atomic E-state index is 13.8. The van der Waals surface area contributed by atoms with E-state index in [0.29, 0.717) is 5.69 Å². The molecule has 12 heteroatoms. The molecule has 2 heterocycles. The van der Waals surface area contributed by atoms with Gasteiger partial charge < -0.3 is 15.4 Å². The predicted molar refractivity (Wildman–Crippen MR) is 140 cm³/mol. The van der Waals surface area contributed by atoms with Crippen LogP contribution in [0.3, 0.4) is 0 Å². The van der Waals surface area contributed by atoms with Gasteiger partial charge in [-0.3, -0.25) is 19.3 Å². The third kappa shape index (κ3) is 5.88. The summed E-state index contributed by atoms with van der Waals surface area (Å²) in [6.07, 6.45) is 0.303. The lowest BCUT2D eigenvalue weighted by atomic mass is 10.1. The maximum atomic E-state index is 13.8. The Kier molecular flexibility index (Phi) is 7.65. The van der Waals surface area contributed by atoms with Crippen LogP contribution in [0.5, 0.6) is 5.75 Å². The summed E-state index contributed by atoms with van der Waals surface area (Å²) in [6.45, 7) is 3.48. The first-order chi connectivity index (χ1) is 18.4. The molecule has 1 unspecified atom stereocenters. The molecule has 1 saturated heterocycles. The molecule has 1 aliphatic rings. The van der Waals surface area contributed by atoms with E-state index >= 15 is 0 Å². The van der Waals surface area contributed by atoms with Crippen LogP contribution < -0.4 is 20.3 Å². The summed E-state index contributed by atoms with van der Waals surface area (Å²) in [6, 6.07) is 7.76. The van der Waals surface area contributed by atoms with Crippen LogP contribution >= 0.6 is 11.3 Å². The minimum Gasteiger partial charge on any atom is -0.491 e. The number of terminal acetylenes is 1. The average Bonchev–Trinajstić information content (AvgIpc) is 3.50. The highest BCUT2D eigenvalue weighted by Gasteiger charge is 2.42. The molecule has 0 radical (unpaired) electrons. The Morgan fingerprint density at radius 2 is 1.92 bits per heavy atom. The molecule has 2 N–H and O–H groups in total. The van der Waals surface area contributed by atoms with E-state index in [1.807, 2.05) is 0 Å². The Bertz CT molecular complexity index is 1460. The quantitative estimate of drug-likeness (QED) is 0.432. The first kappa shape index (κ1) is 27.7. The molecule has 8 nitrogen and oxygen atoms in total. The molecule has 3 amide bonds. The molecule has 0 saturated carbocycles. The van der Waals surface area contributed by atoms with Crippen molar-refractivity contribution in [2.24, 2.45) is 5.73 Å². The second-order valence-electron chi connectivity index (χ2n) is 8.94. The summed E-state index contributed by atoms with van der Waals surface area (Å²) in [7, 11) is 0. The zero-order valence-electron chi connectivity index (χ0n) is 20.9. The van der Waals surface area contributed by atoms with Crippen molar-refractivity contribution in [1.29, 1.82) is 0 Å². The van der Waals surface area contributed by atoms with E-state index in [1.54, 1.807) is 13.8 Å². The van der Waals surface area contributed by atoms with Gasteiger partial charge in [-0.2, -0.15) is 13.2 Å². The highest BCUT2D eigenvalue weighted by Crippen LogP contribution is 2.38. The predicted octanol–water partition coefficient (Wildman–Crippen LogP) is 4.48. The van der Waals surface area contributed by atoms with E-state index < -0.39 is 41.6 Å². The zero-order chi connectivity index (χ0) is 28.5. The lowest BCUT2D eigenvalue weighted by molar-refractivity contribution is -0.137. The molecule has 1 aromatic heterocycles. The molecular formula is C27H23F3N4O4S. The molecule has 1 fully saturated rings. The van der Waals surface area contributed by atoms with Gasteiger partial charge in [-0.05, 0) is 62.6 Å². The number of carbonyl (C=O) groups is 3. The summed E-state index contributed by atoms with van der Waals surface area (Å²) in [5, 5.41) is 1.60. The number of anilines is 2. The number of rotatable bonds is 7. The summed E-state index contributed by atoms with van der Waals surface area (Å²) in [5.74, 6) is 0.264. The van der Waals surface area contributed by atoms with E-state index in [-0.39, 0.29) is 40.7 Å². The number of alkyl halides is 3. The van der Waals surface area contributed by atoms with Crippen molar-refractivity contribution >= 4 is 40.4 Å². The lowest BCUT2D eigenvalue weighted by Gasteiger charge is -2.29. The molecule has 39 heavy (non-hydrogen) atoms. The fraction of sp³-hybridized carbons (Fsp3) is 0.259. The summed E-state index contributed by atoms with van der Waals surface area (Å²) in [5.41, 5.74) is 4.65. The number of hydrogen-bond acceptors (Lipinski definition) is 6. The monoisotopic (exact) mass is 556 g/mol. The number of primary amides is 1. The SMILES string of the molecule is C#Cc1nc(C(=O)N(c2cc(OC(C)C)cc(C(F)(F)F)c2)C2CCN(c3ccc(C(N)=O)cc3)C2=O)cs1. The Morgan fingerprint density at radius 1 is 1.23 bits per heavy atom. The maximum Gasteiger partial charge on any atom is 0.416 e. The first-order valence-corrected chi connectivity index (χ1v) is 12.6. The molecule has 202 valence electrons. The number of benzene rings is 2. The number of halogens is 3. The van der Waals surface area contributed by atoms with Gasteiger partial charge in [0.1, 0.15) is 17.5 Å². The van der Waals surface area contributed by atoms with Crippen LogP contribution in [-0.4, -0.2) is 41.4 Å². The van der Waals surface area contributed by atoms with Gasteiger partial charge >= 0.3 is 6.18 Å². The molecule has 0 aliphatic carbocycles. The van der Waals surface area contributed by atoms with Crippen molar-refractivity contribution in [3.05, 3.63) is 69.7 Å². The molecule has 2 aromatic carbocycles. The minimum absolute atomic E-state index is 0.103. The summed E-state index contributed by atoms with van der Waals surface area (Å²) in [4.78, 5) is 45.2. The van der Waals surface area contributed by atoms with Gasteiger partial charge in [0.2, 0.25) is 11.8 Å². The molecular weight excluding hydrogens is 533 g/mol. The standard InChI is InChI=1S/C27H23F3N4O4S/c1-4-23-32-21(14-39-23)25(36)34(19-11-17(27(28,29)30)12-20(13-19)38-15(2)3)22-9-10-33(26(22)37)18-7-5-16(6-8-18)24(31)35/h1,5-8,11-15,22H,9-10H2,2-3H3,(H2,31,35). The van der Waals surface area contributed by atoms with Crippen molar-refractivity contribution in [1.82, 2.24) is 4.98 Å². The number of thiazole rings is 1. The lowest BCUT2D eigenvalue weighted by Crippen LogP contribution is -2.46. The van der Waals surface area contributed by atoms with Crippen LogP contribution in [0.1, 0.15) is 51.7 Å². The molecule has 3 aromatic rings. The van der Waals surface area contributed by atoms with Crippen LogP contribution in [-0.2, 0) is 11.0 Å². The smallest absolute Gasteiger partial charge is 0.416 e. The molecule has 0 bridgehead atoms. The summed E-state index contributed by atoms with van der Waals surface area (Å²) < 4.78 is 47.1. The van der Waals surface area contributed by atoms with E-state index in [4.69, 9.17) is 16.9 Å². The van der Waals surface area contributed by atoms with E-state index in [9.17, 15) is 27.6 Å². The topological polar surface area (TPSA) is 106 Å². The van der Waals surface area contributed by atoms with Gasteiger partial charge in [-0.15, -0.1) is 17.8 Å². The Balaban J connectivity index is 1.80. The molecule has 0 spiro atoms. The third-order valence-electron chi connectivity index (χ3n) is 5.89. The van der Waals surface area contributed by atoms with Crippen LogP contribution in [0.25, 0.3) is 0 Å². The second-order valence-corrected chi connectivity index (χ2v) is 9.80. The number of nitrogens with two attached hydrogens (primary N) is 1. The zero-order valence-corrected chi connectivity index (χ0v) is 21.7. The Morgan fingerprint density at radius 3 is 2.49 bits per heavy atom. The summed E-state index contributed by atoms with van der Waals surface area (Å²) >= 11 is 1.02. The first-order valence-electron chi connectivity index (χ1n) is 11.7. The normalized spacial score (nSPS) is 15.4. The number of amides is 3. The van der Waals surface area contributed by atoms with Crippen LogP contribution in [0.2, 0.25) is 0 Å². The van der Waals surface area contributed by atoms with Crippen molar-refractivity contribution in [2.45, 2.75) is 38.6 Å². The van der Waals surface area contributed by atoms with Crippen molar-refractivity contribution in [3.63, 3.8) is 0 Å². The number of nitrogens with zero attached hydrogens (tertiary/aromatic N) is 3. The largest absolute Gasteiger partial charge is 0.491 e. The minimum atomic E-state index is -4.75. The van der Waals surface area contributed by atoms with Gasteiger partial charge in [0.25, 0.3) is 5.91 Å². The van der Waals surface area contributed by atoms with Crippen molar-refractivity contribution in [2.75, 3.05) is 16.3 Å². The van der Waals surface area contributed by atoms with E-state index in [1.165, 1.54) is 40.6 Å². The fourth-order valence-corrected chi connectivity index (χ4v) is 4.79. The van der Waals surface area contributed by atoms with Gasteiger partial charge in [0, 0.05) is 34.9 Å². The van der Waals surface area contributed by atoms with E-state index in [0.717, 1.165) is 28.4 Å². The van der Waals surface area contributed by atoms with Gasteiger partial charge in [-0.1, -0.05) is 0 Å². The third-order valence-corrected chi connectivity index (χ3v) is 6.66. The number of aromatic nitrogens is 1. The highest BCUT2D eigenvalue weighted by molar-refractivity contribution is 7.10. The van der Waals surface area contributed by atoms with Gasteiger partial charge in [0.15, 0.2) is 5.01 Å². The number of ether oxygens (including phenoxy) is 1. The number of hydrogen-bond donors (Lipinski definition) is 1. The second kappa shape index (κ2) is 10.8. The molecule has 1 atom stereocenters. The Labute approximate surface area is 226 Å². The van der Waals surface area contributed by atoms with Crippen molar-refractivity contribution in [3.8, 4) is 18.1 Å². The molecule has 4 rings (SSSR count). The fourth-order valence-electron chi connectivity index (χ4n) is 4.19. The van der Waals surface area contributed by atoms with Gasteiger partial charge in [0.05, 0.1) is 11.7 Å². The van der Waals surface area contributed by atoms with Crippen molar-refractivity contribution < 1.29 is 32.3 Å². The molecule has 1 aliphatic heterocycles. The van der Waals surface area contributed by atoms with Crippen LogP contribution in [0.4, 0.5) is 24.5 Å². The number of carbonyl (C=O) groups excluding carboxylic acids is 3. The average molecular weight is 557 g/mol. The Hall–Kier alpha value is -4.37. The van der Waals surface area contributed by atoms with Crippen LogP contribution in [0.15, 0.2) is 47.8 Å². The van der Waals surface area contributed by atoms with Gasteiger partial charge in [-0.25, -0.2) is 4.98 Å². The van der Waals surface area contributed by atoms with E-state index in [2.05, 4.69) is 10.9 Å².